The lowest BCUT2D eigenvalue weighted by Crippen LogP contribution is -2.36. The highest BCUT2D eigenvalue weighted by atomic mass is 16.7. The summed E-state index contributed by atoms with van der Waals surface area (Å²) in [6.07, 6.45) is 5.83. The lowest BCUT2D eigenvalue weighted by atomic mass is 10.1. The number of hydrogen-bond acceptors (Lipinski definition) is 5. The molecule has 0 bridgehead atoms. The summed E-state index contributed by atoms with van der Waals surface area (Å²) in [7, 11) is 0. The van der Waals surface area contributed by atoms with Crippen LogP contribution in [0.2, 0.25) is 0 Å². The van der Waals surface area contributed by atoms with Gasteiger partial charge in [0.1, 0.15) is 11.6 Å². The zero-order chi connectivity index (χ0) is 14.2. The number of aliphatic imine (C=N–C) groups is 1. The molecule has 2 aliphatic heterocycles. The first-order chi connectivity index (χ1) is 9.55. The Morgan fingerprint density at radius 3 is 2.95 bits per heavy atom. The molecule has 0 atom stereocenters. The molecule has 2 aliphatic rings. The Kier molecular flexibility index (Phi) is 3.22. The van der Waals surface area contributed by atoms with Crippen LogP contribution in [0.1, 0.15) is 30.7 Å². The van der Waals surface area contributed by atoms with E-state index in [0.29, 0.717) is 6.61 Å². The second-order valence-corrected chi connectivity index (χ2v) is 5.42. The van der Waals surface area contributed by atoms with Gasteiger partial charge in [0.2, 0.25) is 5.79 Å². The molecule has 0 saturated heterocycles. The highest BCUT2D eigenvalue weighted by Crippen LogP contribution is 2.35. The van der Waals surface area contributed by atoms with Gasteiger partial charge in [-0.3, -0.25) is 9.98 Å². The number of nitrogens with zero attached hydrogens (tertiary/aromatic N) is 2. The maximum absolute atomic E-state index is 5.90. The largest absolute Gasteiger partial charge is 0.461 e. The number of pyridine rings is 1. The summed E-state index contributed by atoms with van der Waals surface area (Å²) in [5.74, 6) is 1.15. The molecule has 0 spiro atoms. The van der Waals surface area contributed by atoms with E-state index in [1.165, 1.54) is 0 Å². The summed E-state index contributed by atoms with van der Waals surface area (Å²) in [6.45, 7) is 8.06. The van der Waals surface area contributed by atoms with Crippen molar-refractivity contribution >= 4 is 11.9 Å². The van der Waals surface area contributed by atoms with Crippen molar-refractivity contribution in [2.45, 2.75) is 33.2 Å². The maximum Gasteiger partial charge on any atom is 0.205 e. The first-order valence-corrected chi connectivity index (χ1v) is 6.83. The van der Waals surface area contributed by atoms with Gasteiger partial charge in [-0.1, -0.05) is 0 Å². The fraction of sp³-hybridized carbons (Fsp3) is 0.467. The van der Waals surface area contributed by atoms with Crippen molar-refractivity contribution in [1.29, 1.82) is 0 Å². The van der Waals surface area contributed by atoms with E-state index in [1.54, 1.807) is 0 Å². The van der Waals surface area contributed by atoms with Crippen molar-refractivity contribution in [3.8, 4) is 5.75 Å². The van der Waals surface area contributed by atoms with Crippen LogP contribution in [0.3, 0.4) is 0 Å². The summed E-state index contributed by atoms with van der Waals surface area (Å²) >= 11 is 0. The molecule has 5 heteroatoms. The van der Waals surface area contributed by atoms with Gasteiger partial charge in [-0.15, -0.1) is 0 Å². The second kappa shape index (κ2) is 4.90. The molecule has 20 heavy (non-hydrogen) atoms. The predicted octanol–water partition coefficient (Wildman–Crippen LogP) is 2.05. The number of nitrogens with one attached hydrogen (secondary N) is 1. The minimum atomic E-state index is -0.598. The monoisotopic (exact) mass is 273 g/mol. The van der Waals surface area contributed by atoms with Gasteiger partial charge >= 0.3 is 0 Å². The molecule has 0 aromatic carbocycles. The quantitative estimate of drug-likeness (QED) is 0.896. The van der Waals surface area contributed by atoms with Gasteiger partial charge in [0.15, 0.2) is 0 Å². The van der Waals surface area contributed by atoms with Crippen molar-refractivity contribution in [1.82, 2.24) is 10.3 Å². The lowest BCUT2D eigenvalue weighted by Gasteiger charge is -2.33. The van der Waals surface area contributed by atoms with Gasteiger partial charge in [0.25, 0.3) is 0 Å². The van der Waals surface area contributed by atoms with Gasteiger partial charge in [-0.2, -0.15) is 0 Å². The highest BCUT2D eigenvalue weighted by molar-refractivity contribution is 5.97. The molecule has 5 nitrogen and oxygen atoms in total. The normalized spacial score (nSPS) is 20.2. The van der Waals surface area contributed by atoms with E-state index in [0.717, 1.165) is 41.5 Å². The summed E-state index contributed by atoms with van der Waals surface area (Å²) in [5, 5.41) is 3.21. The Balaban J connectivity index is 1.93. The Bertz CT molecular complexity index is 591. The molecule has 106 valence electrons. The van der Waals surface area contributed by atoms with Gasteiger partial charge in [-0.05, 0) is 19.1 Å². The van der Waals surface area contributed by atoms with Gasteiger partial charge in [0.05, 0.1) is 18.8 Å². The number of fused-ring (bicyclic) bond motifs is 1. The maximum atomic E-state index is 5.90. The average Bonchev–Trinajstić information content (AvgIpc) is 2.91. The van der Waals surface area contributed by atoms with Crippen LogP contribution in [0.5, 0.6) is 5.75 Å². The topological polar surface area (TPSA) is 55.7 Å². The van der Waals surface area contributed by atoms with E-state index >= 15 is 0 Å². The van der Waals surface area contributed by atoms with E-state index in [2.05, 4.69) is 15.3 Å². The third kappa shape index (κ3) is 2.54. The Hall–Kier alpha value is -1.88. The molecular formula is C15H19N3O2. The predicted molar refractivity (Wildman–Crippen MR) is 77.8 cm³/mol. The van der Waals surface area contributed by atoms with Gasteiger partial charge in [0, 0.05) is 37.7 Å². The fourth-order valence-electron chi connectivity index (χ4n) is 2.30. The van der Waals surface area contributed by atoms with E-state index in [-0.39, 0.29) is 0 Å². The van der Waals surface area contributed by atoms with Crippen LogP contribution >= 0.6 is 0 Å². The van der Waals surface area contributed by atoms with Crippen molar-refractivity contribution in [2.24, 2.45) is 4.99 Å². The van der Waals surface area contributed by atoms with Crippen molar-refractivity contribution in [2.75, 3.05) is 13.1 Å². The molecule has 0 radical (unpaired) electrons. The Morgan fingerprint density at radius 2 is 2.20 bits per heavy atom. The summed E-state index contributed by atoms with van der Waals surface area (Å²) in [5.41, 5.74) is 2.95. The standard InChI is InChI=1S/C15H19N3O2/c1-10-14-12(9-19-15(2,3)20-14)11(8-18-10)4-5-13-16-6-7-17-13/h4-5,8H,6-7,9H2,1-3H3,(H,16,17)/b5-4+. The number of rotatable bonds is 2. The summed E-state index contributed by atoms with van der Waals surface area (Å²) in [4.78, 5) is 8.75. The van der Waals surface area contributed by atoms with Crippen LogP contribution in [0, 0.1) is 6.92 Å². The molecule has 0 unspecified atom stereocenters. The molecule has 3 heterocycles. The molecular weight excluding hydrogens is 254 g/mol. The molecule has 1 aromatic rings. The van der Waals surface area contributed by atoms with Crippen LogP contribution in [0.4, 0.5) is 0 Å². The smallest absolute Gasteiger partial charge is 0.205 e. The first-order valence-electron chi connectivity index (χ1n) is 6.83. The lowest BCUT2D eigenvalue weighted by molar-refractivity contribution is -0.180. The van der Waals surface area contributed by atoms with E-state index in [4.69, 9.17) is 9.47 Å². The van der Waals surface area contributed by atoms with Crippen molar-refractivity contribution < 1.29 is 9.47 Å². The molecule has 3 rings (SSSR count). The van der Waals surface area contributed by atoms with E-state index in [1.807, 2.05) is 39.1 Å². The average molecular weight is 273 g/mol. The molecule has 1 aromatic heterocycles. The molecule has 0 fully saturated rings. The summed E-state index contributed by atoms with van der Waals surface area (Å²) < 4.78 is 11.6. The van der Waals surface area contributed by atoms with Crippen molar-refractivity contribution in [3.63, 3.8) is 0 Å². The van der Waals surface area contributed by atoms with Crippen LogP contribution in [-0.4, -0.2) is 29.7 Å². The van der Waals surface area contributed by atoms with Crippen molar-refractivity contribution in [3.05, 3.63) is 29.1 Å². The first kappa shape index (κ1) is 13.1. The number of aryl methyl sites for hydroxylation is 1. The molecule has 0 aliphatic carbocycles. The summed E-state index contributed by atoms with van der Waals surface area (Å²) in [6, 6.07) is 0. The fourth-order valence-corrected chi connectivity index (χ4v) is 2.30. The Labute approximate surface area is 118 Å². The zero-order valence-corrected chi connectivity index (χ0v) is 12.1. The van der Waals surface area contributed by atoms with Crippen LogP contribution in [0.15, 0.2) is 17.3 Å². The number of hydrogen-bond donors (Lipinski definition) is 1. The van der Waals surface area contributed by atoms with E-state index in [9.17, 15) is 0 Å². The van der Waals surface area contributed by atoms with Crippen LogP contribution in [0.25, 0.3) is 6.08 Å². The van der Waals surface area contributed by atoms with Crippen LogP contribution in [-0.2, 0) is 11.3 Å². The van der Waals surface area contributed by atoms with E-state index < -0.39 is 5.79 Å². The van der Waals surface area contributed by atoms with Crippen LogP contribution < -0.4 is 10.1 Å². The Morgan fingerprint density at radius 1 is 1.35 bits per heavy atom. The number of ether oxygens (including phenoxy) is 2. The third-order valence-corrected chi connectivity index (χ3v) is 3.38. The van der Waals surface area contributed by atoms with Gasteiger partial charge in [-0.25, -0.2) is 0 Å². The molecule has 1 N–H and O–H groups in total. The molecule has 0 amide bonds. The minimum Gasteiger partial charge on any atom is -0.461 e. The SMILES string of the molecule is Cc1ncc(/C=C/C2=NCCN2)c2c1OC(C)(C)OC2. The highest BCUT2D eigenvalue weighted by Gasteiger charge is 2.30. The van der Waals surface area contributed by atoms with Gasteiger partial charge < -0.3 is 14.8 Å². The molecule has 0 saturated carbocycles. The zero-order valence-electron chi connectivity index (χ0n) is 12.1. The number of aromatic nitrogens is 1. The second-order valence-electron chi connectivity index (χ2n) is 5.42. The minimum absolute atomic E-state index is 0.533. The third-order valence-electron chi connectivity index (χ3n) is 3.38. The number of amidine groups is 1.